The van der Waals surface area contributed by atoms with Gasteiger partial charge in [0, 0.05) is 44.2 Å². The van der Waals surface area contributed by atoms with Crippen LogP contribution in [0.2, 0.25) is 0 Å². The van der Waals surface area contributed by atoms with Gasteiger partial charge in [0.1, 0.15) is 0 Å². The molecule has 0 spiro atoms. The second kappa shape index (κ2) is 16.6. The zero-order valence-corrected chi connectivity index (χ0v) is 35.6. The van der Waals surface area contributed by atoms with Crippen LogP contribution in [-0.4, -0.2) is 24.5 Å². The van der Waals surface area contributed by atoms with E-state index >= 15 is 0 Å². The van der Waals surface area contributed by atoms with Crippen molar-refractivity contribution in [2.75, 3.05) is 0 Å². The summed E-state index contributed by atoms with van der Waals surface area (Å²) in [7, 11) is 0. The quantitative estimate of drug-likeness (QED) is 0.153. The summed E-state index contributed by atoms with van der Waals surface area (Å²) in [4.78, 5) is 20.7. The molecule has 11 aromatic rings. The minimum Gasteiger partial charge on any atom is -0.309 e. The molecule has 0 N–H and O–H groups in total. The normalized spacial score (nSPS) is 11.6. The van der Waals surface area contributed by atoms with Crippen LogP contribution in [-0.2, 0) is 6.18 Å². The Balaban J connectivity index is 1.17. The van der Waals surface area contributed by atoms with Gasteiger partial charge in [0.15, 0.2) is 11.6 Å². The highest BCUT2D eigenvalue weighted by atomic mass is 19.4. The number of hydrogen-bond donors (Lipinski definition) is 0. The standard InChI is InChI=1S/C58H38F3N5/c1-37-32-44(58(59,60)61)28-29-45(37)42-26-30-54-47(33-42)46-24-14-15-25-53(46)66(54)55-31-27-43(51-35-49(38-16-6-2-7-17-38)62-56(64-51)40-20-10-4-11-21-40)34-48(55)52-36-50(39-18-8-3-9-19-39)63-57(65-52)41-22-12-5-13-23-41/h2-36H,1H3. The number of fused-ring (bicyclic) bond motifs is 3. The molecule has 3 aromatic heterocycles. The molecule has 0 atom stereocenters. The van der Waals surface area contributed by atoms with E-state index in [4.69, 9.17) is 19.9 Å². The number of halogens is 3. The topological polar surface area (TPSA) is 56.5 Å². The monoisotopic (exact) mass is 861 g/mol. The van der Waals surface area contributed by atoms with Crippen LogP contribution in [0.25, 0.3) is 106 Å². The molecular weight excluding hydrogens is 824 g/mol. The second-order valence-corrected chi connectivity index (χ2v) is 16.2. The van der Waals surface area contributed by atoms with Crippen molar-refractivity contribution in [3.05, 3.63) is 223 Å². The molecule has 3 heterocycles. The van der Waals surface area contributed by atoms with Gasteiger partial charge in [-0.15, -0.1) is 0 Å². The smallest absolute Gasteiger partial charge is 0.309 e. The molecule has 0 aliphatic carbocycles. The van der Waals surface area contributed by atoms with Crippen molar-refractivity contribution in [1.29, 1.82) is 0 Å². The molecule has 0 bridgehead atoms. The van der Waals surface area contributed by atoms with Crippen LogP contribution in [0.15, 0.2) is 212 Å². The number of benzene rings is 8. The van der Waals surface area contributed by atoms with E-state index in [1.54, 1.807) is 13.0 Å². The van der Waals surface area contributed by atoms with Gasteiger partial charge in [0.2, 0.25) is 0 Å². The minimum absolute atomic E-state index is 0.550. The molecule has 0 aliphatic rings. The van der Waals surface area contributed by atoms with Gasteiger partial charge in [-0.3, -0.25) is 0 Å². The molecule has 11 rings (SSSR count). The summed E-state index contributed by atoms with van der Waals surface area (Å²) in [5, 5.41) is 1.97. The number of aromatic nitrogens is 5. The maximum atomic E-state index is 13.7. The lowest BCUT2D eigenvalue weighted by Crippen LogP contribution is -2.05. The Morgan fingerprint density at radius 1 is 0.364 bits per heavy atom. The summed E-state index contributed by atoms with van der Waals surface area (Å²) >= 11 is 0. The van der Waals surface area contributed by atoms with Crippen LogP contribution in [0, 0.1) is 6.92 Å². The SMILES string of the molecule is Cc1cc(C(F)(F)F)ccc1-c1ccc2c(c1)c1ccccc1n2-c1ccc(-c2cc(-c3ccccc3)nc(-c3ccccc3)n2)cc1-c1cc(-c2ccccc2)nc(-c2ccccc2)n1. The molecule has 0 radical (unpaired) electrons. The summed E-state index contributed by atoms with van der Waals surface area (Å²) in [5.74, 6) is 1.20. The van der Waals surface area contributed by atoms with Crippen LogP contribution in [0.1, 0.15) is 11.1 Å². The van der Waals surface area contributed by atoms with E-state index in [0.717, 1.165) is 95.1 Å². The van der Waals surface area contributed by atoms with Crippen molar-refractivity contribution in [3.8, 4) is 84.6 Å². The Morgan fingerprint density at radius 2 is 0.848 bits per heavy atom. The van der Waals surface area contributed by atoms with E-state index in [0.29, 0.717) is 22.9 Å². The van der Waals surface area contributed by atoms with E-state index in [-0.39, 0.29) is 0 Å². The zero-order valence-electron chi connectivity index (χ0n) is 35.6. The highest BCUT2D eigenvalue weighted by Gasteiger charge is 2.31. The Kier molecular flexibility index (Phi) is 10.1. The average Bonchev–Trinajstić information content (AvgIpc) is 3.70. The van der Waals surface area contributed by atoms with Gasteiger partial charge >= 0.3 is 6.18 Å². The van der Waals surface area contributed by atoms with Crippen molar-refractivity contribution in [2.45, 2.75) is 13.1 Å². The molecule has 316 valence electrons. The molecule has 0 saturated carbocycles. The van der Waals surface area contributed by atoms with Gasteiger partial charge in [0.25, 0.3) is 0 Å². The van der Waals surface area contributed by atoms with Gasteiger partial charge in [-0.05, 0) is 78.2 Å². The fraction of sp³-hybridized carbons (Fsp3) is 0.0345. The second-order valence-electron chi connectivity index (χ2n) is 16.2. The van der Waals surface area contributed by atoms with Gasteiger partial charge in [-0.1, -0.05) is 158 Å². The Labute approximate surface area is 379 Å². The number of hydrogen-bond acceptors (Lipinski definition) is 4. The first-order valence-corrected chi connectivity index (χ1v) is 21.6. The van der Waals surface area contributed by atoms with Crippen molar-refractivity contribution in [2.24, 2.45) is 0 Å². The molecule has 0 amide bonds. The highest BCUT2D eigenvalue weighted by Crippen LogP contribution is 2.42. The first-order chi connectivity index (χ1) is 32.2. The molecule has 0 saturated heterocycles. The largest absolute Gasteiger partial charge is 0.416 e. The van der Waals surface area contributed by atoms with E-state index < -0.39 is 11.7 Å². The zero-order chi connectivity index (χ0) is 44.8. The Bertz CT molecular complexity index is 3460. The highest BCUT2D eigenvalue weighted by molar-refractivity contribution is 6.11. The molecule has 5 nitrogen and oxygen atoms in total. The summed E-state index contributed by atoms with van der Waals surface area (Å²) in [6, 6.07) is 69.0. The van der Waals surface area contributed by atoms with Crippen LogP contribution in [0.3, 0.4) is 0 Å². The van der Waals surface area contributed by atoms with Crippen LogP contribution in [0.4, 0.5) is 13.2 Å². The third kappa shape index (κ3) is 7.58. The predicted molar refractivity (Wildman–Crippen MR) is 260 cm³/mol. The van der Waals surface area contributed by atoms with Crippen LogP contribution < -0.4 is 0 Å². The van der Waals surface area contributed by atoms with Gasteiger partial charge < -0.3 is 4.57 Å². The van der Waals surface area contributed by atoms with E-state index in [2.05, 4.69) is 77.4 Å². The fourth-order valence-electron chi connectivity index (χ4n) is 8.79. The van der Waals surface area contributed by atoms with Crippen LogP contribution in [0.5, 0.6) is 0 Å². The number of alkyl halides is 3. The lowest BCUT2D eigenvalue weighted by Gasteiger charge is -2.17. The molecule has 0 unspecified atom stereocenters. The predicted octanol–water partition coefficient (Wildman–Crippen LogP) is 15.4. The maximum absolute atomic E-state index is 13.7. The number of rotatable bonds is 8. The van der Waals surface area contributed by atoms with Gasteiger partial charge in [0.05, 0.1) is 45.1 Å². The van der Waals surface area contributed by atoms with Crippen LogP contribution >= 0.6 is 0 Å². The van der Waals surface area contributed by atoms with Gasteiger partial charge in [-0.2, -0.15) is 13.2 Å². The van der Waals surface area contributed by atoms with E-state index in [1.807, 2.05) is 121 Å². The third-order valence-electron chi connectivity index (χ3n) is 12.0. The number of nitrogens with zero attached hydrogens (tertiary/aromatic N) is 5. The van der Waals surface area contributed by atoms with Gasteiger partial charge in [-0.25, -0.2) is 19.9 Å². The fourth-order valence-corrected chi connectivity index (χ4v) is 8.79. The van der Waals surface area contributed by atoms with Crippen molar-refractivity contribution < 1.29 is 13.2 Å². The first-order valence-electron chi connectivity index (χ1n) is 21.6. The third-order valence-corrected chi connectivity index (χ3v) is 12.0. The summed E-state index contributed by atoms with van der Waals surface area (Å²) in [5.41, 5.74) is 12.7. The summed E-state index contributed by atoms with van der Waals surface area (Å²) < 4.78 is 43.4. The average molecular weight is 862 g/mol. The molecule has 8 aromatic carbocycles. The van der Waals surface area contributed by atoms with Crippen molar-refractivity contribution in [3.63, 3.8) is 0 Å². The first kappa shape index (κ1) is 40.3. The molecule has 0 aliphatic heterocycles. The van der Waals surface area contributed by atoms with Crippen molar-refractivity contribution >= 4 is 21.8 Å². The summed E-state index contributed by atoms with van der Waals surface area (Å²) in [6.07, 6.45) is -4.43. The molecule has 8 heteroatoms. The Hall–Kier alpha value is -8.49. The maximum Gasteiger partial charge on any atom is 0.416 e. The Morgan fingerprint density at radius 3 is 1.42 bits per heavy atom. The lowest BCUT2D eigenvalue weighted by molar-refractivity contribution is -0.137. The molecule has 0 fully saturated rings. The molecular formula is C58H38F3N5. The van der Waals surface area contributed by atoms with Crippen molar-refractivity contribution in [1.82, 2.24) is 24.5 Å². The number of para-hydroxylation sites is 1. The van der Waals surface area contributed by atoms with E-state index in [9.17, 15) is 13.2 Å². The number of aryl methyl sites for hydroxylation is 1. The summed E-state index contributed by atoms with van der Waals surface area (Å²) in [6.45, 7) is 1.73. The molecule has 66 heavy (non-hydrogen) atoms. The minimum atomic E-state index is -4.43. The lowest BCUT2D eigenvalue weighted by atomic mass is 9.97. The van der Waals surface area contributed by atoms with E-state index in [1.165, 1.54) is 6.07 Å².